The first-order valence-corrected chi connectivity index (χ1v) is 9.83. The Morgan fingerprint density at radius 3 is 2.46 bits per heavy atom. The van der Waals surface area contributed by atoms with Gasteiger partial charge in [0, 0.05) is 23.9 Å². The summed E-state index contributed by atoms with van der Waals surface area (Å²) in [6.45, 7) is 4.18. The summed E-state index contributed by atoms with van der Waals surface area (Å²) in [7, 11) is -1.86. The number of ether oxygens (including phenoxy) is 1. The molecule has 1 N–H and O–H groups in total. The molecule has 0 aliphatic carbocycles. The minimum absolute atomic E-state index is 0.0431. The van der Waals surface area contributed by atoms with Gasteiger partial charge in [-0.25, -0.2) is 8.42 Å². The molecule has 0 aromatic heterocycles. The molecule has 0 unspecified atom stereocenters. The Kier molecular flexibility index (Phi) is 5.08. The molecule has 24 heavy (non-hydrogen) atoms. The maximum Gasteiger partial charge on any atom is 0.243 e. The number of piperidine rings is 1. The van der Waals surface area contributed by atoms with E-state index >= 15 is 0 Å². The summed E-state index contributed by atoms with van der Waals surface area (Å²) >= 11 is 0. The average molecular weight is 348 g/mol. The largest absolute Gasteiger partial charge is 0.493 e. The van der Waals surface area contributed by atoms with E-state index in [1.807, 2.05) is 31.2 Å². The van der Waals surface area contributed by atoms with Crippen LogP contribution in [0.3, 0.4) is 0 Å². The summed E-state index contributed by atoms with van der Waals surface area (Å²) in [5.41, 5.74) is 0. The lowest BCUT2D eigenvalue weighted by atomic mass is 10.1. The zero-order valence-corrected chi connectivity index (χ0v) is 15.0. The van der Waals surface area contributed by atoms with Gasteiger partial charge in [-0.15, -0.1) is 0 Å². The molecule has 0 spiro atoms. The molecule has 0 bridgehead atoms. The second-order valence-electron chi connectivity index (χ2n) is 6.04. The van der Waals surface area contributed by atoms with Crippen LogP contribution in [0.5, 0.6) is 5.75 Å². The van der Waals surface area contributed by atoms with Crippen LogP contribution >= 0.6 is 0 Å². The molecule has 1 aliphatic heterocycles. The van der Waals surface area contributed by atoms with Crippen molar-refractivity contribution in [2.24, 2.45) is 0 Å². The molecule has 1 saturated heterocycles. The molecular formula is C18H24N2O3S. The van der Waals surface area contributed by atoms with Crippen molar-refractivity contribution in [1.82, 2.24) is 9.62 Å². The molecule has 6 heteroatoms. The van der Waals surface area contributed by atoms with Crippen molar-refractivity contribution in [1.29, 1.82) is 0 Å². The molecule has 1 heterocycles. The Balaban J connectivity index is 2.06. The van der Waals surface area contributed by atoms with Gasteiger partial charge < -0.3 is 10.1 Å². The average Bonchev–Trinajstić information content (AvgIpc) is 2.62. The molecule has 0 amide bonds. The van der Waals surface area contributed by atoms with E-state index in [1.54, 1.807) is 19.2 Å². The van der Waals surface area contributed by atoms with Crippen LogP contribution in [-0.4, -0.2) is 45.5 Å². The zero-order chi connectivity index (χ0) is 17.2. The lowest BCUT2D eigenvalue weighted by Gasteiger charge is -2.31. The van der Waals surface area contributed by atoms with Gasteiger partial charge in [0.2, 0.25) is 10.0 Å². The standard InChI is InChI=1S/C18H24N2O3S/c1-3-23-17-8-9-18(16-7-5-4-6-15(16)17)24(21,22)20(2)14-10-12-19-13-11-14/h4-9,14,19H,3,10-13H2,1-2H3. The molecule has 2 aromatic rings. The van der Waals surface area contributed by atoms with Gasteiger partial charge in [0.15, 0.2) is 0 Å². The Hall–Kier alpha value is -1.63. The Labute approximate surface area is 143 Å². The van der Waals surface area contributed by atoms with E-state index in [-0.39, 0.29) is 6.04 Å². The molecule has 0 atom stereocenters. The third-order valence-electron chi connectivity index (χ3n) is 4.62. The van der Waals surface area contributed by atoms with Gasteiger partial charge >= 0.3 is 0 Å². The van der Waals surface area contributed by atoms with Crippen LogP contribution in [0.25, 0.3) is 10.8 Å². The predicted molar refractivity (Wildman–Crippen MR) is 96.0 cm³/mol. The fraction of sp³-hybridized carbons (Fsp3) is 0.444. The van der Waals surface area contributed by atoms with Crippen LogP contribution in [0.15, 0.2) is 41.3 Å². The number of hydrogen-bond donors (Lipinski definition) is 1. The summed E-state index contributed by atoms with van der Waals surface area (Å²) in [6, 6.07) is 11.0. The molecule has 2 aromatic carbocycles. The number of sulfonamides is 1. The predicted octanol–water partition coefficient (Wildman–Crippen LogP) is 2.61. The van der Waals surface area contributed by atoms with Crippen molar-refractivity contribution in [3.63, 3.8) is 0 Å². The van der Waals surface area contributed by atoms with Gasteiger partial charge in [0.1, 0.15) is 5.75 Å². The summed E-state index contributed by atoms with van der Waals surface area (Å²) in [5.74, 6) is 0.719. The highest BCUT2D eigenvalue weighted by molar-refractivity contribution is 7.89. The summed E-state index contributed by atoms with van der Waals surface area (Å²) in [4.78, 5) is 0.350. The Bertz CT molecular complexity index is 814. The van der Waals surface area contributed by atoms with Gasteiger partial charge in [0.05, 0.1) is 11.5 Å². The van der Waals surface area contributed by atoms with E-state index in [0.717, 1.165) is 37.1 Å². The Morgan fingerprint density at radius 2 is 1.79 bits per heavy atom. The minimum Gasteiger partial charge on any atom is -0.493 e. The van der Waals surface area contributed by atoms with E-state index in [1.165, 1.54) is 4.31 Å². The van der Waals surface area contributed by atoms with Crippen molar-refractivity contribution >= 4 is 20.8 Å². The second-order valence-corrected chi connectivity index (χ2v) is 8.01. The third-order valence-corrected chi connectivity index (χ3v) is 6.59. The van der Waals surface area contributed by atoms with Crippen LogP contribution < -0.4 is 10.1 Å². The lowest BCUT2D eigenvalue weighted by Crippen LogP contribution is -2.43. The van der Waals surface area contributed by atoms with Gasteiger partial charge in [-0.2, -0.15) is 4.31 Å². The summed E-state index contributed by atoms with van der Waals surface area (Å²) in [5, 5.41) is 4.82. The SMILES string of the molecule is CCOc1ccc(S(=O)(=O)N(C)C2CCNCC2)c2ccccc12. The lowest BCUT2D eigenvalue weighted by molar-refractivity contribution is 0.296. The van der Waals surface area contributed by atoms with Crippen molar-refractivity contribution in [3.05, 3.63) is 36.4 Å². The molecule has 1 aliphatic rings. The van der Waals surface area contributed by atoms with E-state index < -0.39 is 10.0 Å². The number of hydrogen-bond acceptors (Lipinski definition) is 4. The number of rotatable bonds is 5. The van der Waals surface area contributed by atoms with Crippen LogP contribution in [0.4, 0.5) is 0 Å². The van der Waals surface area contributed by atoms with Crippen molar-refractivity contribution in [2.45, 2.75) is 30.7 Å². The maximum absolute atomic E-state index is 13.2. The highest BCUT2D eigenvalue weighted by atomic mass is 32.2. The minimum atomic E-state index is -3.55. The normalized spacial score (nSPS) is 16.6. The van der Waals surface area contributed by atoms with Gasteiger partial charge in [-0.05, 0) is 45.0 Å². The van der Waals surface area contributed by atoms with Crippen LogP contribution in [0, 0.1) is 0 Å². The molecule has 130 valence electrons. The molecule has 3 rings (SSSR count). The van der Waals surface area contributed by atoms with E-state index in [4.69, 9.17) is 4.74 Å². The monoisotopic (exact) mass is 348 g/mol. The maximum atomic E-state index is 13.2. The number of nitrogens with zero attached hydrogens (tertiary/aromatic N) is 1. The fourth-order valence-electron chi connectivity index (χ4n) is 3.27. The number of fused-ring (bicyclic) bond motifs is 1. The zero-order valence-electron chi connectivity index (χ0n) is 14.2. The summed E-state index contributed by atoms with van der Waals surface area (Å²) in [6.07, 6.45) is 1.68. The second kappa shape index (κ2) is 7.09. The summed E-state index contributed by atoms with van der Waals surface area (Å²) < 4.78 is 33.5. The van der Waals surface area contributed by atoms with E-state index in [2.05, 4.69) is 5.32 Å². The van der Waals surface area contributed by atoms with Crippen LogP contribution in [-0.2, 0) is 10.0 Å². The quantitative estimate of drug-likeness (QED) is 0.902. The first-order valence-electron chi connectivity index (χ1n) is 8.39. The molecule has 1 fully saturated rings. The van der Waals surface area contributed by atoms with Gasteiger partial charge in [-0.1, -0.05) is 24.3 Å². The highest BCUT2D eigenvalue weighted by Crippen LogP contribution is 2.33. The van der Waals surface area contributed by atoms with Crippen molar-refractivity contribution < 1.29 is 13.2 Å². The first kappa shape index (κ1) is 17.2. The molecule has 0 saturated carbocycles. The van der Waals surface area contributed by atoms with Gasteiger partial charge in [-0.3, -0.25) is 0 Å². The third kappa shape index (κ3) is 3.14. The molecular weight excluding hydrogens is 324 g/mol. The first-order chi connectivity index (χ1) is 11.6. The smallest absolute Gasteiger partial charge is 0.243 e. The van der Waals surface area contributed by atoms with Gasteiger partial charge in [0.25, 0.3) is 0 Å². The number of nitrogens with one attached hydrogen (secondary N) is 1. The van der Waals surface area contributed by atoms with Crippen molar-refractivity contribution in [2.75, 3.05) is 26.7 Å². The fourth-order valence-corrected chi connectivity index (χ4v) is 4.88. The topological polar surface area (TPSA) is 58.6 Å². The molecule has 0 radical (unpaired) electrons. The van der Waals surface area contributed by atoms with Crippen LogP contribution in [0.2, 0.25) is 0 Å². The Morgan fingerprint density at radius 1 is 1.12 bits per heavy atom. The van der Waals surface area contributed by atoms with Crippen molar-refractivity contribution in [3.8, 4) is 5.75 Å². The number of benzene rings is 2. The van der Waals surface area contributed by atoms with E-state index in [0.29, 0.717) is 16.9 Å². The highest BCUT2D eigenvalue weighted by Gasteiger charge is 2.30. The van der Waals surface area contributed by atoms with Crippen LogP contribution in [0.1, 0.15) is 19.8 Å². The van der Waals surface area contributed by atoms with E-state index in [9.17, 15) is 8.42 Å². The molecule has 5 nitrogen and oxygen atoms in total.